The molecule has 0 radical (unpaired) electrons. The predicted octanol–water partition coefficient (Wildman–Crippen LogP) is -2.39. The third kappa shape index (κ3) is 2280. The maximum absolute atomic E-state index is 8.74. The zero-order chi connectivity index (χ0) is 6.28. The molecule has 6 nitrogen and oxygen atoms in total. The van der Waals surface area contributed by atoms with Crippen molar-refractivity contribution in [2.24, 2.45) is 5.34 Å². The molecule has 0 fully saturated rings. The first-order valence-electron chi connectivity index (χ1n) is 1.03. The van der Waals surface area contributed by atoms with Crippen LogP contribution in [0.15, 0.2) is 5.34 Å². The molecule has 0 aromatic heterocycles. The zero-order valence-corrected chi connectivity index (χ0v) is 4.11. The molecular formula is H5CaNO5Si. The van der Waals surface area contributed by atoms with E-state index >= 15 is 0 Å². The Morgan fingerprint density at radius 3 is 1.38 bits per heavy atom. The van der Waals surface area contributed by atoms with Gasteiger partial charge in [0.15, 0.2) is 5.34 Å². The van der Waals surface area contributed by atoms with Crippen molar-refractivity contribution < 1.29 is 19.3 Å². The van der Waals surface area contributed by atoms with Crippen molar-refractivity contribution in [1.29, 1.82) is 0 Å². The minimum absolute atomic E-state index is 0. The van der Waals surface area contributed by atoms with Crippen LogP contribution in [0.25, 0.3) is 0 Å². The first-order chi connectivity index (χ1) is 3.15. The normalized spacial score (nSPS) is 4.50. The van der Waals surface area contributed by atoms with Gasteiger partial charge in [0.1, 0.15) is 0 Å². The van der Waals surface area contributed by atoms with Crippen molar-refractivity contribution in [1.82, 2.24) is 0 Å². The molecule has 8 heteroatoms. The molecule has 0 bridgehead atoms. The molecule has 0 aliphatic rings. The summed E-state index contributed by atoms with van der Waals surface area (Å²) in [5.41, 5.74) is 0. The SMILES string of the molecule is O=NO.O=[Si](O)O.[CaH2]. The van der Waals surface area contributed by atoms with Crippen molar-refractivity contribution in [3.63, 3.8) is 0 Å². The topological polar surface area (TPSA) is 107 Å². The van der Waals surface area contributed by atoms with Crippen molar-refractivity contribution in [2.75, 3.05) is 0 Å². The van der Waals surface area contributed by atoms with Crippen LogP contribution >= 0.6 is 0 Å². The summed E-state index contributed by atoms with van der Waals surface area (Å²) in [7, 11) is -3.13. The number of rotatable bonds is 0. The van der Waals surface area contributed by atoms with Gasteiger partial charge in [-0.3, -0.25) is 4.46 Å². The molecular weight excluding hydrogens is 162 g/mol. The third-order valence-corrected chi connectivity index (χ3v) is 0. The van der Waals surface area contributed by atoms with Crippen LogP contribution in [0, 0.1) is 4.91 Å². The molecule has 0 aliphatic carbocycles. The van der Waals surface area contributed by atoms with E-state index in [0.717, 1.165) is 0 Å². The number of hydrogen-bond donors (Lipinski definition) is 3. The molecule has 0 unspecified atom stereocenters. The van der Waals surface area contributed by atoms with E-state index in [1.54, 1.807) is 0 Å². The van der Waals surface area contributed by atoms with Gasteiger partial charge in [0, 0.05) is 0 Å². The fourth-order valence-electron chi connectivity index (χ4n) is 0. The average Bonchev–Trinajstić information content (AvgIpc) is 1.33. The van der Waals surface area contributed by atoms with Crippen molar-refractivity contribution in [3.8, 4) is 0 Å². The molecule has 0 saturated carbocycles. The molecule has 3 N–H and O–H groups in total. The fourth-order valence-corrected chi connectivity index (χ4v) is 0. The second kappa shape index (κ2) is 15.7. The summed E-state index contributed by atoms with van der Waals surface area (Å²) >= 11 is 0. The van der Waals surface area contributed by atoms with Gasteiger partial charge in [-0.25, -0.2) is 0 Å². The van der Waals surface area contributed by atoms with E-state index in [0.29, 0.717) is 0 Å². The second-order valence-electron chi connectivity index (χ2n) is 0.364. The van der Waals surface area contributed by atoms with Crippen LogP contribution in [0.3, 0.4) is 0 Å². The molecule has 0 aromatic rings. The van der Waals surface area contributed by atoms with Gasteiger partial charge < -0.3 is 14.8 Å². The van der Waals surface area contributed by atoms with Gasteiger partial charge in [-0.1, -0.05) is 0 Å². The Balaban J connectivity index is -0.0000000575. The molecule has 0 rings (SSSR count). The Bertz CT molecular complexity index is 59.4. The standard InChI is InChI=1S/Ca.HNO2.H2O3Si.2H/c;2-1-3;1-4(2)3;;/h;(H,2,3);1-2H;;. The summed E-state index contributed by atoms with van der Waals surface area (Å²) in [6, 6.07) is 0. The van der Waals surface area contributed by atoms with Crippen LogP contribution in [0.2, 0.25) is 0 Å². The number of nitrogens with zero attached hydrogens (tertiary/aromatic N) is 1. The van der Waals surface area contributed by atoms with Gasteiger partial charge in [0.25, 0.3) is 0 Å². The van der Waals surface area contributed by atoms with Crippen molar-refractivity contribution >= 4 is 46.9 Å². The van der Waals surface area contributed by atoms with E-state index < -0.39 is 9.17 Å². The molecule has 46 valence electrons. The minimum atomic E-state index is -3.13. The number of hydrogen-bond acceptors (Lipinski definition) is 3. The Hall–Kier alpha value is 0.277. The zero-order valence-electron chi connectivity index (χ0n) is 3.11. The monoisotopic (exact) mass is 167 g/mol. The van der Waals surface area contributed by atoms with Crippen molar-refractivity contribution in [2.45, 2.75) is 0 Å². The second-order valence-corrected chi connectivity index (χ2v) is 0.929. The van der Waals surface area contributed by atoms with E-state index in [1.165, 1.54) is 5.34 Å². The van der Waals surface area contributed by atoms with E-state index in [-0.39, 0.29) is 37.7 Å². The van der Waals surface area contributed by atoms with E-state index in [2.05, 4.69) is 0 Å². The van der Waals surface area contributed by atoms with Gasteiger partial charge in [-0.15, -0.1) is 4.91 Å². The molecule has 0 amide bonds. The van der Waals surface area contributed by atoms with Gasteiger partial charge in [-0.05, 0) is 0 Å². The first kappa shape index (κ1) is 15.7. The van der Waals surface area contributed by atoms with E-state index in [1.807, 2.05) is 0 Å². The van der Waals surface area contributed by atoms with Crippen molar-refractivity contribution in [3.05, 3.63) is 4.91 Å². The average molecular weight is 167 g/mol. The summed E-state index contributed by atoms with van der Waals surface area (Å²) in [5.74, 6) is 0. The molecule has 0 heterocycles. The van der Waals surface area contributed by atoms with Gasteiger partial charge in [-0.2, -0.15) is 0 Å². The Morgan fingerprint density at radius 2 is 1.38 bits per heavy atom. The predicted molar refractivity (Wildman–Crippen MR) is 27.0 cm³/mol. The quantitative estimate of drug-likeness (QED) is 0.212. The third-order valence-electron chi connectivity index (χ3n) is 0. The van der Waals surface area contributed by atoms with Gasteiger partial charge >= 0.3 is 46.9 Å². The van der Waals surface area contributed by atoms with Crippen LogP contribution in [-0.2, 0) is 4.46 Å². The molecule has 0 aromatic carbocycles. The van der Waals surface area contributed by atoms with Crippen LogP contribution in [0.4, 0.5) is 0 Å². The summed E-state index contributed by atoms with van der Waals surface area (Å²) in [6.07, 6.45) is 0. The van der Waals surface area contributed by atoms with Crippen LogP contribution < -0.4 is 0 Å². The fraction of sp³-hybridized carbons (Fsp3) is 0. The summed E-state index contributed by atoms with van der Waals surface area (Å²) < 4.78 is 8.74. The van der Waals surface area contributed by atoms with E-state index in [4.69, 9.17) is 24.2 Å². The Morgan fingerprint density at radius 1 is 1.38 bits per heavy atom. The maximum atomic E-state index is 8.74. The van der Waals surface area contributed by atoms with Gasteiger partial charge in [0.2, 0.25) is 0 Å². The first-order valence-corrected chi connectivity index (χ1v) is 2.34. The Labute approximate surface area is 76.0 Å². The molecule has 0 aliphatic heterocycles. The molecule has 0 spiro atoms. The van der Waals surface area contributed by atoms with Crippen LogP contribution in [0.5, 0.6) is 0 Å². The Kier molecular flexibility index (Phi) is 30.8. The molecule has 0 atom stereocenters. The summed E-state index contributed by atoms with van der Waals surface area (Å²) in [6.45, 7) is 0. The van der Waals surface area contributed by atoms with Crippen LogP contribution in [0.1, 0.15) is 0 Å². The van der Waals surface area contributed by atoms with E-state index in [9.17, 15) is 0 Å². The molecule has 0 saturated heterocycles. The van der Waals surface area contributed by atoms with Crippen LogP contribution in [-0.4, -0.2) is 61.7 Å². The molecule has 8 heavy (non-hydrogen) atoms. The summed E-state index contributed by atoms with van der Waals surface area (Å²) in [4.78, 5) is 22.4. The van der Waals surface area contributed by atoms with Gasteiger partial charge in [0.05, 0.1) is 0 Å². The summed E-state index contributed by atoms with van der Waals surface area (Å²) in [5, 5.41) is 7.89.